The molecule has 2 N–H and O–H groups in total. The average molecular weight is 414 g/mol. The summed E-state index contributed by atoms with van der Waals surface area (Å²) in [4.78, 5) is 24.0. The Morgan fingerprint density at radius 3 is 2.27 bits per heavy atom. The summed E-state index contributed by atoms with van der Waals surface area (Å²) in [5, 5.41) is 0. The summed E-state index contributed by atoms with van der Waals surface area (Å²) >= 11 is 0. The molecule has 0 spiro atoms. The monoisotopic (exact) mass is 414 g/mol. The van der Waals surface area contributed by atoms with E-state index in [2.05, 4.69) is 10.9 Å². The molecule has 30 heavy (non-hydrogen) atoms. The normalized spacial score (nSPS) is 10.9. The molecule has 0 atom stereocenters. The number of amides is 2. The number of hydrogen-bond acceptors (Lipinski definition) is 3. The topological polar surface area (TPSA) is 67.4 Å². The Bertz CT molecular complexity index is 1040. The van der Waals surface area contributed by atoms with Crippen LogP contribution in [0.3, 0.4) is 0 Å². The zero-order valence-electron chi connectivity index (χ0n) is 15.6. The molecule has 3 aromatic rings. The molecule has 8 heteroatoms. The van der Waals surface area contributed by atoms with E-state index in [1.54, 1.807) is 12.1 Å². The zero-order chi connectivity index (χ0) is 21.6. The number of hydrazine groups is 1. The summed E-state index contributed by atoms with van der Waals surface area (Å²) in [7, 11) is 0. The summed E-state index contributed by atoms with van der Waals surface area (Å²) in [6.45, 7) is -0.396. The van der Waals surface area contributed by atoms with Gasteiger partial charge >= 0.3 is 6.18 Å². The molecule has 3 rings (SSSR count). The van der Waals surface area contributed by atoms with Gasteiger partial charge in [-0.15, -0.1) is 0 Å². The Balaban J connectivity index is 1.57. The van der Waals surface area contributed by atoms with E-state index in [-0.39, 0.29) is 5.56 Å². The molecule has 5 nitrogen and oxygen atoms in total. The molecule has 0 saturated heterocycles. The van der Waals surface area contributed by atoms with Crippen molar-refractivity contribution in [1.29, 1.82) is 0 Å². The third-order valence-corrected chi connectivity index (χ3v) is 4.10. The van der Waals surface area contributed by atoms with E-state index in [0.717, 1.165) is 23.3 Å². The minimum Gasteiger partial charge on any atom is -0.483 e. The van der Waals surface area contributed by atoms with Crippen molar-refractivity contribution < 1.29 is 27.5 Å². The second-order valence-corrected chi connectivity index (χ2v) is 6.23. The first kappa shape index (κ1) is 20.9. The Morgan fingerprint density at radius 1 is 0.833 bits per heavy atom. The Morgan fingerprint density at radius 2 is 1.53 bits per heavy atom. The van der Waals surface area contributed by atoms with Gasteiger partial charge in [-0.1, -0.05) is 54.6 Å². The fraction of sp³-hybridized carbons (Fsp3) is 0.0909. The van der Waals surface area contributed by atoms with E-state index in [9.17, 15) is 22.8 Å². The third kappa shape index (κ3) is 5.38. The molecule has 0 saturated carbocycles. The van der Waals surface area contributed by atoms with Crippen molar-refractivity contribution in [2.75, 3.05) is 6.61 Å². The third-order valence-electron chi connectivity index (χ3n) is 4.10. The number of ether oxygens (including phenoxy) is 1. The lowest BCUT2D eigenvalue weighted by molar-refractivity contribution is -0.137. The zero-order valence-corrected chi connectivity index (χ0v) is 15.6. The lowest BCUT2D eigenvalue weighted by Gasteiger charge is -2.12. The van der Waals surface area contributed by atoms with Crippen molar-refractivity contribution in [3.05, 3.63) is 90.0 Å². The number of carbonyl (C=O) groups is 2. The fourth-order valence-corrected chi connectivity index (χ4v) is 2.66. The number of benzene rings is 3. The number of halogens is 3. The SMILES string of the molecule is O=C(COc1ccccc1-c1ccccc1)NNC(=O)c1cccc(C(F)(F)F)c1. The number of alkyl halides is 3. The quantitative estimate of drug-likeness (QED) is 0.615. The van der Waals surface area contributed by atoms with Gasteiger partial charge in [0, 0.05) is 11.1 Å². The highest BCUT2D eigenvalue weighted by Gasteiger charge is 2.30. The van der Waals surface area contributed by atoms with Crippen molar-refractivity contribution in [3.63, 3.8) is 0 Å². The van der Waals surface area contributed by atoms with E-state index in [0.29, 0.717) is 11.8 Å². The van der Waals surface area contributed by atoms with Gasteiger partial charge in [-0.3, -0.25) is 20.4 Å². The van der Waals surface area contributed by atoms with Crippen LogP contribution >= 0.6 is 0 Å². The molecular weight excluding hydrogens is 397 g/mol. The number of carbonyl (C=O) groups excluding carboxylic acids is 2. The average Bonchev–Trinajstić information content (AvgIpc) is 2.76. The highest BCUT2D eigenvalue weighted by Crippen LogP contribution is 2.30. The molecule has 0 aliphatic carbocycles. The van der Waals surface area contributed by atoms with Crippen molar-refractivity contribution in [1.82, 2.24) is 10.9 Å². The minimum atomic E-state index is -4.57. The van der Waals surface area contributed by atoms with Crippen LogP contribution in [0.25, 0.3) is 11.1 Å². The minimum absolute atomic E-state index is 0.236. The summed E-state index contributed by atoms with van der Waals surface area (Å²) in [5.41, 5.74) is 4.71. The molecule has 154 valence electrons. The molecule has 3 aromatic carbocycles. The van der Waals surface area contributed by atoms with Crippen LogP contribution < -0.4 is 15.6 Å². The van der Waals surface area contributed by atoms with E-state index < -0.39 is 30.2 Å². The van der Waals surface area contributed by atoms with Crippen LogP contribution in [0.15, 0.2) is 78.9 Å². The Labute approximate surface area is 170 Å². The van der Waals surface area contributed by atoms with Crippen LogP contribution in [0.4, 0.5) is 13.2 Å². The Kier molecular flexibility index (Phi) is 6.36. The van der Waals surface area contributed by atoms with Gasteiger partial charge in [0.1, 0.15) is 5.75 Å². The van der Waals surface area contributed by atoms with E-state index in [1.165, 1.54) is 6.07 Å². The molecule has 0 radical (unpaired) electrons. The highest BCUT2D eigenvalue weighted by atomic mass is 19.4. The van der Waals surface area contributed by atoms with Gasteiger partial charge < -0.3 is 4.74 Å². The standard InChI is InChI=1S/C22H17F3N2O3/c23-22(24,25)17-10-6-9-16(13-17)21(29)27-26-20(28)14-30-19-12-5-4-11-18(19)15-7-2-1-3-8-15/h1-13H,14H2,(H,26,28)(H,27,29). The van der Waals surface area contributed by atoms with Gasteiger partial charge in [0.25, 0.3) is 11.8 Å². The largest absolute Gasteiger partial charge is 0.483 e. The maximum Gasteiger partial charge on any atom is 0.416 e. The lowest BCUT2D eigenvalue weighted by atomic mass is 10.1. The van der Waals surface area contributed by atoms with Crippen molar-refractivity contribution in [2.45, 2.75) is 6.18 Å². The van der Waals surface area contributed by atoms with E-state index >= 15 is 0 Å². The molecule has 0 bridgehead atoms. The van der Waals surface area contributed by atoms with Gasteiger partial charge in [-0.2, -0.15) is 13.2 Å². The van der Waals surface area contributed by atoms with Crippen molar-refractivity contribution in [3.8, 4) is 16.9 Å². The first-order valence-electron chi connectivity index (χ1n) is 8.88. The van der Waals surface area contributed by atoms with E-state index in [4.69, 9.17) is 4.74 Å². The van der Waals surface area contributed by atoms with Gasteiger partial charge in [-0.25, -0.2) is 0 Å². The molecule has 2 amide bonds. The molecule has 0 fully saturated rings. The van der Waals surface area contributed by atoms with Gasteiger partial charge in [0.05, 0.1) is 5.56 Å². The molecule has 0 aliphatic rings. The van der Waals surface area contributed by atoms with Crippen molar-refractivity contribution >= 4 is 11.8 Å². The summed E-state index contributed by atoms with van der Waals surface area (Å²) < 4.78 is 43.8. The molecule has 0 aliphatic heterocycles. The second-order valence-electron chi connectivity index (χ2n) is 6.23. The maximum atomic E-state index is 12.7. The van der Waals surface area contributed by atoms with Crippen LogP contribution in [0.1, 0.15) is 15.9 Å². The highest BCUT2D eigenvalue weighted by molar-refractivity contribution is 5.95. The van der Waals surface area contributed by atoms with Crippen LogP contribution in [0.5, 0.6) is 5.75 Å². The van der Waals surface area contributed by atoms with Gasteiger partial charge in [0.2, 0.25) is 0 Å². The van der Waals surface area contributed by atoms with Crippen LogP contribution in [-0.2, 0) is 11.0 Å². The fourth-order valence-electron chi connectivity index (χ4n) is 2.66. The van der Waals surface area contributed by atoms with Crippen molar-refractivity contribution in [2.24, 2.45) is 0 Å². The smallest absolute Gasteiger partial charge is 0.416 e. The van der Waals surface area contributed by atoms with Crippen LogP contribution in [0.2, 0.25) is 0 Å². The first-order valence-corrected chi connectivity index (χ1v) is 8.88. The predicted molar refractivity (Wildman–Crippen MR) is 104 cm³/mol. The van der Waals surface area contributed by atoms with E-state index in [1.807, 2.05) is 42.5 Å². The summed E-state index contributed by atoms with van der Waals surface area (Å²) in [5.74, 6) is -1.07. The van der Waals surface area contributed by atoms with Gasteiger partial charge in [-0.05, 0) is 29.8 Å². The molecule has 0 unspecified atom stereocenters. The van der Waals surface area contributed by atoms with Crippen LogP contribution in [0, 0.1) is 0 Å². The Hall–Kier alpha value is -3.81. The molecular formula is C22H17F3N2O3. The van der Waals surface area contributed by atoms with Crippen LogP contribution in [-0.4, -0.2) is 18.4 Å². The molecule has 0 heterocycles. The second kappa shape index (κ2) is 9.13. The number of nitrogens with one attached hydrogen (secondary N) is 2. The first-order chi connectivity index (χ1) is 14.3. The lowest BCUT2D eigenvalue weighted by Crippen LogP contribution is -2.43. The number of para-hydroxylation sites is 1. The summed E-state index contributed by atoms with van der Waals surface area (Å²) in [6, 6.07) is 20.5. The van der Waals surface area contributed by atoms with Gasteiger partial charge in [0.15, 0.2) is 6.61 Å². The number of rotatable bonds is 5. The predicted octanol–water partition coefficient (Wildman–Crippen LogP) is 4.21. The molecule has 0 aromatic heterocycles. The summed E-state index contributed by atoms with van der Waals surface area (Å²) in [6.07, 6.45) is -4.57. The maximum absolute atomic E-state index is 12.7. The number of hydrogen-bond donors (Lipinski definition) is 2.